The fourth-order valence-electron chi connectivity index (χ4n) is 3.89. The molecule has 0 unspecified atom stereocenters. The van der Waals surface area contributed by atoms with Gasteiger partial charge in [0.1, 0.15) is 0 Å². The van der Waals surface area contributed by atoms with Crippen LogP contribution in [0.2, 0.25) is 0 Å². The Morgan fingerprint density at radius 1 is 1.05 bits per heavy atom. The molecule has 108 valence electrons. The summed E-state index contributed by atoms with van der Waals surface area (Å²) in [6.45, 7) is 0. The minimum Gasteiger partial charge on any atom is -0.342 e. The molecule has 0 radical (unpaired) electrons. The summed E-state index contributed by atoms with van der Waals surface area (Å²) in [6.07, 6.45) is 9.49. The van der Waals surface area contributed by atoms with E-state index in [9.17, 15) is 4.79 Å². The Bertz CT molecular complexity index is 458. The third-order valence-electron chi connectivity index (χ3n) is 5.39. The molecule has 0 bridgehead atoms. The molecule has 0 spiro atoms. The molecule has 0 aromatic heterocycles. The summed E-state index contributed by atoms with van der Waals surface area (Å²) in [6, 6.07) is 10.9. The van der Waals surface area contributed by atoms with Gasteiger partial charge in [0, 0.05) is 13.1 Å². The molecule has 2 nitrogen and oxygen atoms in total. The molecule has 0 N–H and O–H groups in total. The minimum absolute atomic E-state index is 0.215. The summed E-state index contributed by atoms with van der Waals surface area (Å²) < 4.78 is 0. The quantitative estimate of drug-likeness (QED) is 0.816. The lowest BCUT2D eigenvalue weighted by molar-refractivity contribution is -0.142. The molecule has 1 amide bonds. The standard InChI is InChI=1S/C18H25NO/c1-19(16-11-6-3-7-12-16)17(20)18(13-8-14-18)15-9-4-2-5-10-15/h2,4-5,9-10,16H,3,6-8,11-14H2,1H3. The maximum absolute atomic E-state index is 13.1. The molecule has 2 heteroatoms. The molecule has 0 aliphatic heterocycles. The maximum Gasteiger partial charge on any atom is 0.233 e. The first kappa shape index (κ1) is 13.7. The molecule has 0 atom stereocenters. The van der Waals surface area contributed by atoms with Crippen LogP contribution in [0.3, 0.4) is 0 Å². The molecule has 0 heterocycles. The Balaban J connectivity index is 1.80. The Morgan fingerprint density at radius 2 is 1.70 bits per heavy atom. The maximum atomic E-state index is 13.1. The molecular formula is C18H25NO. The molecule has 2 saturated carbocycles. The number of carbonyl (C=O) groups excluding carboxylic acids is 1. The van der Waals surface area contributed by atoms with E-state index in [0.717, 1.165) is 12.8 Å². The highest BCUT2D eigenvalue weighted by Gasteiger charge is 2.47. The van der Waals surface area contributed by atoms with E-state index in [2.05, 4.69) is 29.2 Å². The van der Waals surface area contributed by atoms with Gasteiger partial charge in [0.05, 0.1) is 5.41 Å². The van der Waals surface area contributed by atoms with Gasteiger partial charge in [-0.25, -0.2) is 0 Å². The number of carbonyl (C=O) groups is 1. The lowest BCUT2D eigenvalue weighted by Crippen LogP contribution is -2.53. The van der Waals surface area contributed by atoms with Crippen LogP contribution in [-0.4, -0.2) is 23.9 Å². The van der Waals surface area contributed by atoms with Crippen LogP contribution in [0.4, 0.5) is 0 Å². The number of rotatable bonds is 3. The first-order valence-electron chi connectivity index (χ1n) is 8.07. The van der Waals surface area contributed by atoms with E-state index < -0.39 is 0 Å². The van der Waals surface area contributed by atoms with Crippen LogP contribution < -0.4 is 0 Å². The largest absolute Gasteiger partial charge is 0.342 e. The van der Waals surface area contributed by atoms with E-state index >= 15 is 0 Å². The van der Waals surface area contributed by atoms with Gasteiger partial charge in [-0.15, -0.1) is 0 Å². The lowest BCUT2D eigenvalue weighted by atomic mass is 9.63. The van der Waals surface area contributed by atoms with E-state index in [1.807, 2.05) is 13.1 Å². The predicted molar refractivity (Wildman–Crippen MR) is 81.6 cm³/mol. The first-order valence-corrected chi connectivity index (χ1v) is 8.07. The van der Waals surface area contributed by atoms with E-state index in [1.165, 1.54) is 44.1 Å². The van der Waals surface area contributed by atoms with Crippen molar-refractivity contribution in [3.05, 3.63) is 35.9 Å². The fourth-order valence-corrected chi connectivity index (χ4v) is 3.89. The topological polar surface area (TPSA) is 20.3 Å². The number of hydrogen-bond donors (Lipinski definition) is 0. The van der Waals surface area contributed by atoms with Crippen molar-refractivity contribution < 1.29 is 4.79 Å². The zero-order valence-electron chi connectivity index (χ0n) is 12.5. The Morgan fingerprint density at radius 3 is 2.25 bits per heavy atom. The van der Waals surface area contributed by atoms with Crippen LogP contribution in [0.5, 0.6) is 0 Å². The number of nitrogens with zero attached hydrogens (tertiary/aromatic N) is 1. The predicted octanol–water partition coefficient (Wildman–Crippen LogP) is 3.90. The molecule has 0 saturated heterocycles. The highest BCUT2D eigenvalue weighted by Crippen LogP contribution is 2.45. The van der Waals surface area contributed by atoms with E-state index in [4.69, 9.17) is 0 Å². The van der Waals surface area contributed by atoms with Crippen molar-refractivity contribution in [2.24, 2.45) is 0 Å². The van der Waals surface area contributed by atoms with Gasteiger partial charge in [-0.2, -0.15) is 0 Å². The molecule has 1 aromatic rings. The smallest absolute Gasteiger partial charge is 0.233 e. The third-order valence-corrected chi connectivity index (χ3v) is 5.39. The fraction of sp³-hybridized carbons (Fsp3) is 0.611. The van der Waals surface area contributed by atoms with Crippen molar-refractivity contribution in [2.45, 2.75) is 62.8 Å². The summed E-state index contributed by atoms with van der Waals surface area (Å²) in [4.78, 5) is 15.1. The van der Waals surface area contributed by atoms with E-state index in [1.54, 1.807) is 0 Å². The third kappa shape index (κ3) is 2.25. The van der Waals surface area contributed by atoms with Gasteiger partial charge in [-0.05, 0) is 31.2 Å². The molecule has 2 aliphatic carbocycles. The monoisotopic (exact) mass is 271 g/mol. The number of likely N-dealkylation sites (N-methyl/N-ethyl adjacent to an activating group) is 1. The van der Waals surface area contributed by atoms with E-state index in [-0.39, 0.29) is 5.41 Å². The molecule has 3 rings (SSSR count). The summed E-state index contributed by atoms with van der Waals surface area (Å²) in [5.41, 5.74) is 1.01. The van der Waals surface area contributed by atoms with Gasteiger partial charge in [-0.1, -0.05) is 56.0 Å². The van der Waals surface area contributed by atoms with Crippen LogP contribution in [0.25, 0.3) is 0 Å². The van der Waals surface area contributed by atoms with Crippen molar-refractivity contribution in [3.63, 3.8) is 0 Å². The lowest BCUT2D eigenvalue weighted by Gasteiger charge is -2.45. The van der Waals surface area contributed by atoms with Crippen molar-refractivity contribution in [3.8, 4) is 0 Å². The summed E-state index contributed by atoms with van der Waals surface area (Å²) in [5, 5.41) is 0. The Hall–Kier alpha value is -1.31. The average Bonchev–Trinajstić information content (AvgIpc) is 2.47. The van der Waals surface area contributed by atoms with Gasteiger partial charge < -0.3 is 4.90 Å². The summed E-state index contributed by atoms with van der Waals surface area (Å²) in [5.74, 6) is 0.363. The van der Waals surface area contributed by atoms with Crippen LogP contribution >= 0.6 is 0 Å². The van der Waals surface area contributed by atoms with Gasteiger partial charge in [-0.3, -0.25) is 4.79 Å². The molecule has 2 aliphatic rings. The Labute approximate surface area is 122 Å². The molecule has 20 heavy (non-hydrogen) atoms. The number of benzene rings is 1. The second-order valence-electron chi connectivity index (χ2n) is 6.51. The van der Waals surface area contributed by atoms with Crippen LogP contribution in [0.1, 0.15) is 56.9 Å². The molecule has 1 aromatic carbocycles. The zero-order valence-corrected chi connectivity index (χ0v) is 12.5. The number of amides is 1. The zero-order chi connectivity index (χ0) is 14.0. The van der Waals surface area contributed by atoms with Crippen molar-refractivity contribution in [2.75, 3.05) is 7.05 Å². The van der Waals surface area contributed by atoms with Crippen molar-refractivity contribution >= 4 is 5.91 Å². The van der Waals surface area contributed by atoms with E-state index in [0.29, 0.717) is 11.9 Å². The van der Waals surface area contributed by atoms with Crippen molar-refractivity contribution in [1.82, 2.24) is 4.90 Å². The average molecular weight is 271 g/mol. The van der Waals surface area contributed by atoms with Gasteiger partial charge >= 0.3 is 0 Å². The SMILES string of the molecule is CN(C(=O)C1(c2ccccc2)CCC1)C1CCCCC1. The molecular weight excluding hydrogens is 246 g/mol. The second-order valence-corrected chi connectivity index (χ2v) is 6.51. The minimum atomic E-state index is -0.215. The second kappa shape index (κ2) is 5.59. The van der Waals surface area contributed by atoms with Gasteiger partial charge in [0.2, 0.25) is 5.91 Å². The number of hydrogen-bond acceptors (Lipinski definition) is 1. The van der Waals surface area contributed by atoms with Gasteiger partial charge in [0.25, 0.3) is 0 Å². The first-order chi connectivity index (χ1) is 9.74. The molecule has 2 fully saturated rings. The highest BCUT2D eigenvalue weighted by atomic mass is 16.2. The summed E-state index contributed by atoms with van der Waals surface area (Å²) in [7, 11) is 2.03. The van der Waals surface area contributed by atoms with Crippen LogP contribution in [0.15, 0.2) is 30.3 Å². The van der Waals surface area contributed by atoms with Gasteiger partial charge in [0.15, 0.2) is 0 Å². The summed E-state index contributed by atoms with van der Waals surface area (Å²) >= 11 is 0. The normalized spacial score (nSPS) is 22.1. The van der Waals surface area contributed by atoms with Crippen LogP contribution in [0, 0.1) is 0 Å². The highest BCUT2D eigenvalue weighted by molar-refractivity contribution is 5.89. The Kier molecular flexibility index (Phi) is 3.82. The van der Waals surface area contributed by atoms with Crippen LogP contribution in [-0.2, 0) is 10.2 Å². The van der Waals surface area contributed by atoms with Crippen molar-refractivity contribution in [1.29, 1.82) is 0 Å².